The van der Waals surface area contributed by atoms with Crippen LogP contribution in [0.25, 0.3) is 0 Å². The van der Waals surface area contributed by atoms with Crippen LogP contribution in [-0.4, -0.2) is 44.0 Å². The molecule has 0 saturated heterocycles. The third-order valence-electron chi connectivity index (χ3n) is 3.35. The van der Waals surface area contributed by atoms with Gasteiger partial charge in [-0.3, -0.25) is 19.3 Å². The number of ether oxygens (including phenoxy) is 1. The Balaban J connectivity index is 1.96. The third-order valence-corrected chi connectivity index (χ3v) is 3.35. The van der Waals surface area contributed by atoms with Crippen LogP contribution < -0.4 is 20.3 Å². The van der Waals surface area contributed by atoms with Crippen LogP contribution >= 0.6 is 0 Å². The highest BCUT2D eigenvalue weighted by Gasteiger charge is 2.25. The Bertz CT molecular complexity index is 588. The predicted octanol–water partition coefficient (Wildman–Crippen LogP) is 0.445. The van der Waals surface area contributed by atoms with Gasteiger partial charge in [0.25, 0.3) is 0 Å². The first kappa shape index (κ1) is 16.8. The van der Waals surface area contributed by atoms with Crippen LogP contribution in [0.15, 0.2) is 24.3 Å². The summed E-state index contributed by atoms with van der Waals surface area (Å²) in [6.45, 7) is 2.57. The van der Waals surface area contributed by atoms with Gasteiger partial charge in [0.2, 0.25) is 17.7 Å². The van der Waals surface area contributed by atoms with Crippen LogP contribution in [0.2, 0.25) is 0 Å². The lowest BCUT2D eigenvalue weighted by atomic mass is 10.2. The molecular weight excluding hydrogens is 298 g/mol. The lowest BCUT2D eigenvalue weighted by molar-refractivity contribution is -0.126. The van der Waals surface area contributed by atoms with Gasteiger partial charge < -0.3 is 15.4 Å². The Morgan fingerprint density at radius 2 is 2.00 bits per heavy atom. The van der Waals surface area contributed by atoms with Crippen molar-refractivity contribution in [3.8, 4) is 5.75 Å². The van der Waals surface area contributed by atoms with Crippen LogP contribution in [0.4, 0.5) is 5.69 Å². The van der Waals surface area contributed by atoms with Gasteiger partial charge in [-0.15, -0.1) is 0 Å². The molecule has 0 aromatic heterocycles. The number of amides is 3. The predicted molar refractivity (Wildman–Crippen MR) is 85.2 cm³/mol. The highest BCUT2D eigenvalue weighted by molar-refractivity contribution is 6.00. The van der Waals surface area contributed by atoms with Gasteiger partial charge >= 0.3 is 0 Å². The fourth-order valence-electron chi connectivity index (χ4n) is 2.20. The Labute approximate surface area is 135 Å². The molecule has 2 N–H and O–H groups in total. The smallest absolute Gasteiger partial charge is 0.240 e. The van der Waals surface area contributed by atoms with Crippen molar-refractivity contribution in [1.82, 2.24) is 10.6 Å². The molecule has 0 fully saturated rings. The van der Waals surface area contributed by atoms with E-state index in [2.05, 4.69) is 10.6 Å². The summed E-state index contributed by atoms with van der Waals surface area (Å²) >= 11 is 0. The second-order valence-corrected chi connectivity index (χ2v) is 5.17. The molecule has 0 spiro atoms. The number of anilines is 1. The largest absolute Gasteiger partial charge is 0.491 e. The van der Waals surface area contributed by atoms with E-state index in [1.807, 2.05) is 13.0 Å². The summed E-state index contributed by atoms with van der Waals surface area (Å²) < 4.78 is 5.51. The molecule has 0 atom stereocenters. The molecule has 7 nitrogen and oxygen atoms in total. The van der Waals surface area contributed by atoms with Crippen LogP contribution in [0.3, 0.4) is 0 Å². The number of carbonyl (C=O) groups is 3. The van der Waals surface area contributed by atoms with Crippen LogP contribution in [0, 0.1) is 0 Å². The molecule has 0 saturated carbocycles. The van der Waals surface area contributed by atoms with Gasteiger partial charge in [-0.2, -0.15) is 0 Å². The van der Waals surface area contributed by atoms with Gasteiger partial charge in [0, 0.05) is 6.54 Å². The molecule has 0 radical (unpaired) electrons. The lowest BCUT2D eigenvalue weighted by Crippen LogP contribution is -2.44. The highest BCUT2D eigenvalue weighted by atomic mass is 16.5. The number of nitrogens with one attached hydrogen (secondary N) is 2. The molecule has 23 heavy (non-hydrogen) atoms. The van der Waals surface area contributed by atoms with E-state index in [0.29, 0.717) is 18.0 Å². The number of benzene rings is 1. The van der Waals surface area contributed by atoms with Gasteiger partial charge in [-0.25, -0.2) is 0 Å². The van der Waals surface area contributed by atoms with Gasteiger partial charge in [-0.05, 0) is 18.6 Å². The molecule has 1 aliphatic rings. The molecule has 0 aliphatic carbocycles. The maximum Gasteiger partial charge on any atom is 0.240 e. The van der Waals surface area contributed by atoms with Crippen LogP contribution in [0.1, 0.15) is 19.8 Å². The SMILES string of the molecule is CCCNC(=O)CNC(=O)CN1C(=O)CCOc2ccccc21. The van der Waals surface area contributed by atoms with E-state index in [1.54, 1.807) is 18.2 Å². The van der Waals surface area contributed by atoms with Gasteiger partial charge in [0.15, 0.2) is 0 Å². The van der Waals surface area contributed by atoms with E-state index < -0.39 is 0 Å². The molecule has 0 bridgehead atoms. The molecule has 1 aliphatic heterocycles. The van der Waals surface area contributed by atoms with Gasteiger partial charge in [0.1, 0.15) is 12.3 Å². The van der Waals surface area contributed by atoms with Crippen molar-refractivity contribution in [2.24, 2.45) is 0 Å². The van der Waals surface area contributed by atoms with Crippen molar-refractivity contribution in [3.63, 3.8) is 0 Å². The average Bonchev–Trinajstić information content (AvgIpc) is 2.71. The molecule has 1 aromatic carbocycles. The summed E-state index contributed by atoms with van der Waals surface area (Å²) in [5, 5.41) is 5.20. The normalized spacial score (nSPS) is 13.6. The third kappa shape index (κ3) is 4.70. The molecular formula is C16H21N3O4. The van der Waals surface area contributed by atoms with Crippen molar-refractivity contribution in [2.75, 3.05) is 31.1 Å². The topological polar surface area (TPSA) is 87.7 Å². The number of carbonyl (C=O) groups excluding carboxylic acids is 3. The van der Waals surface area contributed by atoms with E-state index in [4.69, 9.17) is 4.74 Å². The number of rotatable bonds is 6. The van der Waals surface area contributed by atoms with Crippen molar-refractivity contribution in [2.45, 2.75) is 19.8 Å². The van der Waals surface area contributed by atoms with Crippen molar-refractivity contribution in [3.05, 3.63) is 24.3 Å². The Morgan fingerprint density at radius 3 is 2.78 bits per heavy atom. The fraction of sp³-hybridized carbons (Fsp3) is 0.438. The highest BCUT2D eigenvalue weighted by Crippen LogP contribution is 2.30. The Hall–Kier alpha value is -2.57. The van der Waals surface area contributed by atoms with Crippen molar-refractivity contribution < 1.29 is 19.1 Å². The molecule has 0 unspecified atom stereocenters. The average molecular weight is 319 g/mol. The minimum atomic E-state index is -0.387. The number of hydrogen-bond acceptors (Lipinski definition) is 4. The zero-order chi connectivity index (χ0) is 16.7. The zero-order valence-electron chi connectivity index (χ0n) is 13.1. The summed E-state index contributed by atoms with van der Waals surface area (Å²) in [5.74, 6) is -0.236. The molecule has 1 heterocycles. The van der Waals surface area contributed by atoms with E-state index in [9.17, 15) is 14.4 Å². The minimum absolute atomic E-state index is 0.0982. The lowest BCUT2D eigenvalue weighted by Gasteiger charge is -2.21. The maximum absolute atomic E-state index is 12.2. The number of hydrogen-bond donors (Lipinski definition) is 2. The molecule has 3 amide bonds. The number of para-hydroxylation sites is 2. The van der Waals surface area contributed by atoms with E-state index in [-0.39, 0.29) is 43.8 Å². The molecule has 1 aromatic rings. The first-order valence-corrected chi connectivity index (χ1v) is 7.67. The number of nitrogens with zero attached hydrogens (tertiary/aromatic N) is 1. The molecule has 7 heteroatoms. The Morgan fingerprint density at radius 1 is 1.22 bits per heavy atom. The second kappa shape index (κ2) is 8.17. The monoisotopic (exact) mass is 319 g/mol. The first-order chi connectivity index (χ1) is 11.1. The van der Waals surface area contributed by atoms with Crippen LogP contribution in [0.5, 0.6) is 5.75 Å². The summed E-state index contributed by atoms with van der Waals surface area (Å²) in [5.41, 5.74) is 0.570. The van der Waals surface area contributed by atoms with E-state index in [0.717, 1.165) is 6.42 Å². The zero-order valence-corrected chi connectivity index (χ0v) is 13.1. The maximum atomic E-state index is 12.2. The van der Waals surface area contributed by atoms with Gasteiger partial charge in [-0.1, -0.05) is 19.1 Å². The minimum Gasteiger partial charge on any atom is -0.491 e. The van der Waals surface area contributed by atoms with Crippen LogP contribution in [-0.2, 0) is 14.4 Å². The molecule has 124 valence electrons. The number of fused-ring (bicyclic) bond motifs is 1. The first-order valence-electron chi connectivity index (χ1n) is 7.67. The quantitative estimate of drug-likeness (QED) is 0.797. The fourth-order valence-corrected chi connectivity index (χ4v) is 2.20. The summed E-state index contributed by atoms with van der Waals surface area (Å²) in [6.07, 6.45) is 1.04. The molecule has 2 rings (SSSR count). The van der Waals surface area contributed by atoms with Gasteiger partial charge in [0.05, 0.1) is 25.3 Å². The summed E-state index contributed by atoms with van der Waals surface area (Å²) in [4.78, 5) is 37.1. The Kier molecular flexibility index (Phi) is 5.96. The second-order valence-electron chi connectivity index (χ2n) is 5.17. The summed E-state index contributed by atoms with van der Waals surface area (Å²) in [6, 6.07) is 7.09. The van der Waals surface area contributed by atoms with E-state index >= 15 is 0 Å². The summed E-state index contributed by atoms with van der Waals surface area (Å²) in [7, 11) is 0. The van der Waals surface area contributed by atoms with Crippen molar-refractivity contribution >= 4 is 23.4 Å². The van der Waals surface area contributed by atoms with Crippen molar-refractivity contribution in [1.29, 1.82) is 0 Å². The standard InChI is InChI=1S/C16H21N3O4/c1-2-8-17-14(20)10-18-15(21)11-19-12-5-3-4-6-13(12)23-9-7-16(19)22/h3-6H,2,7-11H2,1H3,(H,17,20)(H,18,21). The van der Waals surface area contributed by atoms with E-state index in [1.165, 1.54) is 4.90 Å².